The first-order chi connectivity index (χ1) is 9.12. The van der Waals surface area contributed by atoms with Crippen LogP contribution < -0.4 is 11.1 Å². The van der Waals surface area contributed by atoms with Crippen LogP contribution in [0.4, 0.5) is 4.39 Å². The van der Waals surface area contributed by atoms with Gasteiger partial charge in [0.15, 0.2) is 0 Å². The standard InChI is InChI=1S/C15H26FN3/c1-4-19(5-2)9-8-18-15(11-17)13-10-12(3)6-7-14(13)16/h6-7,10,15,18H,4-5,8-9,11,17H2,1-3H3. The Morgan fingerprint density at radius 1 is 1.32 bits per heavy atom. The number of hydrogen-bond acceptors (Lipinski definition) is 3. The first-order valence-corrected chi connectivity index (χ1v) is 7.04. The molecule has 0 aliphatic carbocycles. The summed E-state index contributed by atoms with van der Waals surface area (Å²) in [5.74, 6) is -0.184. The maximum Gasteiger partial charge on any atom is 0.128 e. The molecule has 0 aliphatic heterocycles. The van der Waals surface area contributed by atoms with Gasteiger partial charge in [0, 0.05) is 31.2 Å². The molecule has 108 valence electrons. The maximum atomic E-state index is 13.8. The minimum atomic E-state index is -0.184. The molecule has 1 atom stereocenters. The molecule has 1 rings (SSSR count). The normalized spacial score (nSPS) is 12.9. The Kier molecular flexibility index (Phi) is 6.99. The van der Waals surface area contributed by atoms with Crippen LogP contribution in [-0.4, -0.2) is 37.6 Å². The fourth-order valence-corrected chi connectivity index (χ4v) is 2.19. The van der Waals surface area contributed by atoms with Gasteiger partial charge in [0.25, 0.3) is 0 Å². The molecule has 4 heteroatoms. The van der Waals surface area contributed by atoms with Gasteiger partial charge in [-0.25, -0.2) is 4.39 Å². The number of halogens is 1. The quantitative estimate of drug-likeness (QED) is 0.757. The lowest BCUT2D eigenvalue weighted by Crippen LogP contribution is -2.36. The Bertz CT molecular complexity index is 378. The van der Waals surface area contributed by atoms with E-state index in [2.05, 4.69) is 24.1 Å². The molecule has 0 saturated carbocycles. The third kappa shape index (κ3) is 4.90. The zero-order valence-electron chi connectivity index (χ0n) is 12.2. The van der Waals surface area contributed by atoms with Gasteiger partial charge in [-0.15, -0.1) is 0 Å². The molecule has 0 radical (unpaired) electrons. The predicted molar refractivity (Wildman–Crippen MR) is 78.7 cm³/mol. The van der Waals surface area contributed by atoms with Crippen LogP contribution in [0, 0.1) is 12.7 Å². The van der Waals surface area contributed by atoms with Gasteiger partial charge in [-0.2, -0.15) is 0 Å². The maximum absolute atomic E-state index is 13.8. The van der Waals surface area contributed by atoms with E-state index in [1.165, 1.54) is 6.07 Å². The Morgan fingerprint density at radius 3 is 2.58 bits per heavy atom. The summed E-state index contributed by atoms with van der Waals surface area (Å²) in [6, 6.07) is 5.05. The summed E-state index contributed by atoms with van der Waals surface area (Å²) in [6.07, 6.45) is 0. The second kappa shape index (κ2) is 8.25. The second-order valence-electron chi connectivity index (χ2n) is 4.79. The molecule has 0 aliphatic rings. The average Bonchev–Trinajstić information content (AvgIpc) is 2.42. The third-order valence-corrected chi connectivity index (χ3v) is 3.48. The molecule has 0 amide bonds. The number of benzene rings is 1. The van der Waals surface area contributed by atoms with Crippen LogP contribution in [0.5, 0.6) is 0 Å². The third-order valence-electron chi connectivity index (χ3n) is 3.48. The molecule has 0 fully saturated rings. The lowest BCUT2D eigenvalue weighted by atomic mass is 10.0. The summed E-state index contributed by atoms with van der Waals surface area (Å²) in [6.45, 7) is 10.5. The largest absolute Gasteiger partial charge is 0.329 e. The number of nitrogens with zero attached hydrogens (tertiary/aromatic N) is 1. The number of aryl methyl sites for hydroxylation is 1. The van der Waals surface area contributed by atoms with Gasteiger partial charge in [0.1, 0.15) is 5.82 Å². The molecule has 0 heterocycles. The van der Waals surface area contributed by atoms with E-state index in [1.807, 2.05) is 13.0 Å². The predicted octanol–water partition coefficient (Wildman–Crippen LogP) is 2.07. The number of rotatable bonds is 8. The number of nitrogens with two attached hydrogens (primary N) is 1. The molecule has 0 aromatic heterocycles. The van der Waals surface area contributed by atoms with E-state index in [9.17, 15) is 4.39 Å². The van der Waals surface area contributed by atoms with Gasteiger partial charge >= 0.3 is 0 Å². The van der Waals surface area contributed by atoms with Gasteiger partial charge in [-0.3, -0.25) is 0 Å². The Hall–Kier alpha value is -0.970. The van der Waals surface area contributed by atoms with Crippen molar-refractivity contribution in [2.24, 2.45) is 5.73 Å². The van der Waals surface area contributed by atoms with Crippen LogP contribution in [0.15, 0.2) is 18.2 Å². The van der Waals surface area contributed by atoms with Gasteiger partial charge in [-0.1, -0.05) is 31.5 Å². The molecule has 3 nitrogen and oxygen atoms in total. The zero-order valence-corrected chi connectivity index (χ0v) is 12.2. The molecule has 3 N–H and O–H groups in total. The van der Waals surface area contributed by atoms with Gasteiger partial charge < -0.3 is 16.0 Å². The fraction of sp³-hybridized carbons (Fsp3) is 0.600. The fourth-order valence-electron chi connectivity index (χ4n) is 2.19. The van der Waals surface area contributed by atoms with E-state index in [0.717, 1.165) is 31.7 Å². The first-order valence-electron chi connectivity index (χ1n) is 7.04. The van der Waals surface area contributed by atoms with E-state index in [4.69, 9.17) is 5.73 Å². The van der Waals surface area contributed by atoms with Crippen molar-refractivity contribution >= 4 is 0 Å². The van der Waals surface area contributed by atoms with Crippen LogP contribution in [0.25, 0.3) is 0 Å². The molecule has 0 bridgehead atoms. The molecule has 0 spiro atoms. The van der Waals surface area contributed by atoms with Crippen LogP contribution in [0.3, 0.4) is 0 Å². The summed E-state index contributed by atoms with van der Waals surface area (Å²) in [5, 5.41) is 3.35. The number of likely N-dealkylation sites (N-methyl/N-ethyl adjacent to an activating group) is 1. The smallest absolute Gasteiger partial charge is 0.128 e. The molecular formula is C15H26FN3. The highest BCUT2D eigenvalue weighted by molar-refractivity contribution is 5.27. The Labute approximate surface area is 116 Å². The van der Waals surface area contributed by atoms with E-state index in [1.54, 1.807) is 6.07 Å². The van der Waals surface area contributed by atoms with Crippen LogP contribution >= 0.6 is 0 Å². The second-order valence-corrected chi connectivity index (χ2v) is 4.79. The van der Waals surface area contributed by atoms with Crippen molar-refractivity contribution in [3.8, 4) is 0 Å². The summed E-state index contributed by atoms with van der Waals surface area (Å²) >= 11 is 0. The van der Waals surface area contributed by atoms with Crippen molar-refractivity contribution in [2.45, 2.75) is 26.8 Å². The monoisotopic (exact) mass is 267 g/mol. The lowest BCUT2D eigenvalue weighted by Gasteiger charge is -2.22. The Morgan fingerprint density at radius 2 is 2.00 bits per heavy atom. The molecule has 1 aromatic rings. The van der Waals surface area contributed by atoms with Crippen molar-refractivity contribution in [2.75, 3.05) is 32.7 Å². The molecule has 1 unspecified atom stereocenters. The minimum Gasteiger partial charge on any atom is -0.329 e. The highest BCUT2D eigenvalue weighted by Gasteiger charge is 2.14. The lowest BCUT2D eigenvalue weighted by molar-refractivity contribution is 0.296. The van der Waals surface area contributed by atoms with Crippen LogP contribution in [0.1, 0.15) is 31.0 Å². The highest BCUT2D eigenvalue weighted by atomic mass is 19.1. The molecule has 19 heavy (non-hydrogen) atoms. The van der Waals surface area contributed by atoms with E-state index < -0.39 is 0 Å². The van der Waals surface area contributed by atoms with E-state index in [-0.39, 0.29) is 11.9 Å². The van der Waals surface area contributed by atoms with Crippen molar-refractivity contribution in [3.05, 3.63) is 35.1 Å². The SMILES string of the molecule is CCN(CC)CCNC(CN)c1cc(C)ccc1F. The number of nitrogens with one attached hydrogen (secondary N) is 1. The van der Waals surface area contributed by atoms with Crippen molar-refractivity contribution < 1.29 is 4.39 Å². The minimum absolute atomic E-state index is 0.115. The average molecular weight is 267 g/mol. The Balaban J connectivity index is 2.60. The summed E-state index contributed by atoms with van der Waals surface area (Å²) in [5.41, 5.74) is 7.49. The van der Waals surface area contributed by atoms with Crippen molar-refractivity contribution in [3.63, 3.8) is 0 Å². The van der Waals surface area contributed by atoms with Gasteiger partial charge in [0.05, 0.1) is 0 Å². The highest BCUT2D eigenvalue weighted by Crippen LogP contribution is 2.17. The van der Waals surface area contributed by atoms with Crippen LogP contribution in [0.2, 0.25) is 0 Å². The molecule has 0 saturated heterocycles. The van der Waals surface area contributed by atoms with Gasteiger partial charge in [0.2, 0.25) is 0 Å². The number of hydrogen-bond donors (Lipinski definition) is 2. The first kappa shape index (κ1) is 16.1. The summed E-state index contributed by atoms with van der Waals surface area (Å²) < 4.78 is 13.8. The van der Waals surface area contributed by atoms with Gasteiger partial charge in [-0.05, 0) is 26.1 Å². The van der Waals surface area contributed by atoms with E-state index in [0.29, 0.717) is 12.1 Å². The molecule has 1 aromatic carbocycles. The van der Waals surface area contributed by atoms with Crippen molar-refractivity contribution in [1.29, 1.82) is 0 Å². The topological polar surface area (TPSA) is 41.3 Å². The van der Waals surface area contributed by atoms with Crippen molar-refractivity contribution in [1.82, 2.24) is 10.2 Å². The molecular weight excluding hydrogens is 241 g/mol. The summed E-state index contributed by atoms with van der Waals surface area (Å²) in [4.78, 5) is 2.33. The summed E-state index contributed by atoms with van der Waals surface area (Å²) in [7, 11) is 0. The van der Waals surface area contributed by atoms with E-state index >= 15 is 0 Å². The van der Waals surface area contributed by atoms with Crippen LogP contribution in [-0.2, 0) is 0 Å². The zero-order chi connectivity index (χ0) is 14.3.